The maximum Gasteiger partial charge on any atom is 1.00 e. The Kier molecular flexibility index (Phi) is 16.7. The molecule has 0 saturated carbocycles. The molecule has 0 aliphatic rings. The summed E-state index contributed by atoms with van der Waals surface area (Å²) in [6.45, 7) is 5.02. The predicted molar refractivity (Wildman–Crippen MR) is 305 cm³/mol. The van der Waals surface area contributed by atoms with E-state index >= 15 is 0 Å². The quantitative estimate of drug-likeness (QED) is 0.0512. The van der Waals surface area contributed by atoms with Gasteiger partial charge in [-0.1, -0.05) is 205 Å². The van der Waals surface area contributed by atoms with Crippen LogP contribution in [-0.4, -0.2) is 4.90 Å². The van der Waals surface area contributed by atoms with Crippen LogP contribution in [0, 0.1) is 24.7 Å². The van der Waals surface area contributed by atoms with Crippen molar-refractivity contribution in [3.63, 3.8) is 0 Å². The van der Waals surface area contributed by atoms with Crippen molar-refractivity contribution in [1.29, 1.82) is 0 Å². The van der Waals surface area contributed by atoms with Gasteiger partial charge in [0.1, 0.15) is 37.1 Å². The molecule has 12 aromatic carbocycles. The number of hydrogen-bond acceptors (Lipinski definition) is 0. The first-order valence-electron chi connectivity index (χ1n) is 23.4. The van der Waals surface area contributed by atoms with Gasteiger partial charge in [-0.15, -0.1) is 23.3 Å². The number of hydrogen-bond donors (Lipinski definition) is 0. The molecule has 0 aliphatic carbocycles. The molecule has 0 amide bonds. The average Bonchev–Trinajstić information content (AvgIpc) is 3.41. The van der Waals surface area contributed by atoms with E-state index in [2.05, 4.69) is 256 Å². The van der Waals surface area contributed by atoms with Crippen molar-refractivity contribution >= 4 is 102 Å². The van der Waals surface area contributed by atoms with E-state index in [1.807, 2.05) is 24.3 Å². The van der Waals surface area contributed by atoms with Gasteiger partial charge in [-0.3, -0.25) is 11.8 Å². The molecule has 0 aliphatic heterocycles. The van der Waals surface area contributed by atoms with Gasteiger partial charge in [-0.05, 0) is 102 Å². The van der Waals surface area contributed by atoms with Crippen molar-refractivity contribution in [3.8, 4) is 11.8 Å². The Hall–Kier alpha value is -6.34. The maximum atomic E-state index is 7.56. The second-order valence-corrected chi connectivity index (χ2v) is 24.6. The van der Waals surface area contributed by atoms with Gasteiger partial charge >= 0.3 is 44.8 Å². The molecule has 0 saturated heterocycles. The Morgan fingerprint density at radius 1 is 0.282 bits per heavy atom. The topological polar surface area (TPSA) is 0 Å². The molecule has 0 spiro atoms. The van der Waals surface area contributed by atoms with E-state index < -0.39 is 15.8 Å². The fourth-order valence-electron chi connectivity index (χ4n) is 10.2. The molecule has 0 aromatic heterocycles. The van der Waals surface area contributed by atoms with Gasteiger partial charge in [0.15, 0.2) is 4.90 Å². The van der Waals surface area contributed by atoms with Crippen LogP contribution >= 0.6 is 15.8 Å². The molecular formula is C67H50Ag2P2+2. The summed E-state index contributed by atoms with van der Waals surface area (Å²) >= 11 is 0. The molecule has 0 atom stereocenters. The normalized spacial score (nSPS) is 11.0. The SMILES string of the molecule is CC(C)([PH+](c1ccccc1)c1ccccc1)[PH+](c1ccccc1)c1ccccc1.[Ag+].[Ag+].[C-]#Cc1cc2c3ccccc3ccc2c2ccccc12.[C-]#Cc1cc2c3ccccc3ccc2c2ccccc12. The van der Waals surface area contributed by atoms with E-state index in [1.165, 1.54) is 75.1 Å². The average molecular weight is 1130 g/mol. The molecule has 12 rings (SSSR count). The second kappa shape index (κ2) is 23.3. The van der Waals surface area contributed by atoms with E-state index in [9.17, 15) is 0 Å². The van der Waals surface area contributed by atoms with Gasteiger partial charge < -0.3 is 12.8 Å². The zero-order valence-electron chi connectivity index (χ0n) is 39.4. The first-order chi connectivity index (χ1) is 33.9. The van der Waals surface area contributed by atoms with Crippen molar-refractivity contribution in [2.24, 2.45) is 0 Å². The Morgan fingerprint density at radius 2 is 0.535 bits per heavy atom. The van der Waals surface area contributed by atoms with Crippen LogP contribution in [0.15, 0.2) is 255 Å². The Morgan fingerprint density at radius 3 is 0.845 bits per heavy atom. The Balaban J connectivity index is 0.000000144. The van der Waals surface area contributed by atoms with Crippen molar-refractivity contribution in [3.05, 3.63) is 279 Å². The van der Waals surface area contributed by atoms with Crippen molar-refractivity contribution in [2.45, 2.75) is 18.7 Å². The van der Waals surface area contributed by atoms with Gasteiger partial charge in [0.05, 0.1) is 0 Å². The summed E-state index contributed by atoms with van der Waals surface area (Å²) in [5, 5.41) is 20.3. The standard InChI is InChI=1S/C27H26P2.2C20H11.2Ag/c1-27(2,28(23-15-7-3-8-16-23)24-17-9-4-10-18-24)29(25-19-11-5-12-20-25)26-21-13-6-14-22-26;2*1-2-14-13-20-17-9-4-3-7-15(17)11-12-19(20)18-10-6-5-8-16(14)18;;/h3-22H,1-2H3;2*3-13H;;/q;2*-1;2*+1/p+2. The van der Waals surface area contributed by atoms with Gasteiger partial charge in [0.25, 0.3) is 0 Å². The molecule has 348 valence electrons. The Bertz CT molecular complexity index is 3510. The van der Waals surface area contributed by atoms with E-state index in [1.54, 1.807) is 0 Å². The van der Waals surface area contributed by atoms with Crippen molar-refractivity contribution in [2.75, 3.05) is 0 Å². The van der Waals surface area contributed by atoms with Crippen LogP contribution in [0.25, 0.3) is 64.6 Å². The van der Waals surface area contributed by atoms with Gasteiger partial charge in [0.2, 0.25) is 0 Å². The molecular weight excluding hydrogens is 1080 g/mol. The first kappa shape index (κ1) is 51.0. The fourth-order valence-corrected chi connectivity index (χ4v) is 18.6. The van der Waals surface area contributed by atoms with Gasteiger partial charge in [0, 0.05) is 13.8 Å². The molecule has 71 heavy (non-hydrogen) atoms. The van der Waals surface area contributed by atoms with E-state index in [4.69, 9.17) is 12.8 Å². The third-order valence-corrected chi connectivity index (χ3v) is 20.9. The molecule has 0 fully saturated rings. The Labute approximate surface area is 452 Å². The zero-order valence-corrected chi connectivity index (χ0v) is 44.3. The third kappa shape index (κ3) is 10.5. The molecule has 0 nitrogen and oxygen atoms in total. The van der Waals surface area contributed by atoms with Gasteiger partial charge in [-0.25, -0.2) is 0 Å². The summed E-state index contributed by atoms with van der Waals surface area (Å²) in [7, 11) is -2.05. The first-order valence-corrected chi connectivity index (χ1v) is 26.4. The molecule has 12 aromatic rings. The molecule has 0 bridgehead atoms. The number of rotatable bonds is 6. The molecule has 0 radical (unpaired) electrons. The van der Waals surface area contributed by atoms with Gasteiger partial charge in [-0.2, -0.15) is 0 Å². The van der Waals surface area contributed by atoms with Crippen LogP contribution in [0.3, 0.4) is 0 Å². The fraction of sp³-hybridized carbons (Fsp3) is 0.0448. The van der Waals surface area contributed by atoms with Crippen LogP contribution in [0.2, 0.25) is 0 Å². The summed E-state index contributed by atoms with van der Waals surface area (Å²) in [5.74, 6) is 5.15. The second-order valence-electron chi connectivity index (χ2n) is 17.8. The summed E-state index contributed by atoms with van der Waals surface area (Å²) in [6, 6.07) is 90.7. The summed E-state index contributed by atoms with van der Waals surface area (Å²) in [5.41, 5.74) is 1.70. The van der Waals surface area contributed by atoms with E-state index in [-0.39, 0.29) is 49.7 Å². The third-order valence-electron chi connectivity index (χ3n) is 13.3. The van der Waals surface area contributed by atoms with E-state index in [0.717, 1.165) is 21.9 Å². The van der Waals surface area contributed by atoms with Crippen molar-refractivity contribution < 1.29 is 44.8 Å². The number of fused-ring (bicyclic) bond motifs is 10. The van der Waals surface area contributed by atoms with Crippen LogP contribution < -0.4 is 21.2 Å². The minimum absolute atomic E-state index is 0. The largest absolute Gasteiger partial charge is 1.00 e. The monoisotopic (exact) mass is 1130 g/mol. The predicted octanol–water partition coefficient (Wildman–Crippen LogP) is 15.6. The van der Waals surface area contributed by atoms with E-state index in [0.29, 0.717) is 0 Å². The van der Waals surface area contributed by atoms with Crippen LogP contribution in [-0.2, 0) is 44.8 Å². The molecule has 0 unspecified atom stereocenters. The molecule has 4 heteroatoms. The minimum atomic E-state index is -1.02. The van der Waals surface area contributed by atoms with Crippen LogP contribution in [0.5, 0.6) is 0 Å². The summed E-state index contributed by atoms with van der Waals surface area (Å²) in [4.78, 5) is 0.154. The summed E-state index contributed by atoms with van der Waals surface area (Å²) < 4.78 is 0. The summed E-state index contributed by atoms with van der Waals surface area (Å²) in [6.07, 6.45) is 15.1. The number of benzene rings is 12. The smallest absolute Gasteiger partial charge is 0.366 e. The molecule has 0 N–H and O–H groups in total. The maximum absolute atomic E-state index is 7.56. The van der Waals surface area contributed by atoms with Crippen molar-refractivity contribution in [1.82, 2.24) is 0 Å². The molecule has 0 heterocycles. The van der Waals surface area contributed by atoms with Crippen LogP contribution in [0.4, 0.5) is 0 Å². The minimum Gasteiger partial charge on any atom is -0.366 e. The van der Waals surface area contributed by atoms with Crippen LogP contribution in [0.1, 0.15) is 25.0 Å². The zero-order chi connectivity index (χ0) is 47.2.